The number of carboxylic acid groups (broad SMARTS) is 1. The number of hydrogen-bond acceptors (Lipinski definition) is 4. The highest BCUT2D eigenvalue weighted by atomic mass is 16.6. The van der Waals surface area contributed by atoms with Crippen molar-refractivity contribution in [3.63, 3.8) is 0 Å². The number of carbonyl (C=O) groups excluding carboxylic acids is 1. The molecule has 5 nitrogen and oxygen atoms in total. The van der Waals surface area contributed by atoms with E-state index in [4.69, 9.17) is 14.6 Å². The van der Waals surface area contributed by atoms with Crippen LogP contribution < -0.4 is 0 Å². The molecule has 2 rings (SSSR count). The van der Waals surface area contributed by atoms with Gasteiger partial charge >= 0.3 is 11.9 Å². The van der Waals surface area contributed by atoms with Gasteiger partial charge in [0.15, 0.2) is 5.60 Å². The highest BCUT2D eigenvalue weighted by Crippen LogP contribution is 2.47. The van der Waals surface area contributed by atoms with Gasteiger partial charge in [0.05, 0.1) is 18.6 Å². The minimum atomic E-state index is -0.969. The SMILES string of the molecule is CCOC(=O)[C@@]12CCC(O1)[C@@H](C(=O)O)C2. The number of hydrogen-bond donors (Lipinski definition) is 1. The largest absolute Gasteiger partial charge is 0.481 e. The van der Waals surface area contributed by atoms with E-state index in [1.54, 1.807) is 6.92 Å². The van der Waals surface area contributed by atoms with Crippen LogP contribution in [0.3, 0.4) is 0 Å². The summed E-state index contributed by atoms with van der Waals surface area (Å²) in [7, 11) is 0. The van der Waals surface area contributed by atoms with Crippen molar-refractivity contribution in [2.24, 2.45) is 5.92 Å². The summed E-state index contributed by atoms with van der Waals surface area (Å²) >= 11 is 0. The number of carbonyl (C=O) groups is 2. The molecule has 0 aromatic carbocycles. The molecule has 2 heterocycles. The Balaban J connectivity index is 2.12. The van der Waals surface area contributed by atoms with E-state index >= 15 is 0 Å². The summed E-state index contributed by atoms with van der Waals surface area (Å²) in [6.45, 7) is 2.02. The van der Waals surface area contributed by atoms with Crippen molar-refractivity contribution >= 4 is 11.9 Å². The Morgan fingerprint density at radius 2 is 2.33 bits per heavy atom. The fraction of sp³-hybridized carbons (Fsp3) is 0.800. The topological polar surface area (TPSA) is 72.8 Å². The molecule has 0 amide bonds. The van der Waals surface area contributed by atoms with E-state index < -0.39 is 23.5 Å². The van der Waals surface area contributed by atoms with Crippen LogP contribution in [0.5, 0.6) is 0 Å². The van der Waals surface area contributed by atoms with Crippen LogP contribution in [0.25, 0.3) is 0 Å². The van der Waals surface area contributed by atoms with E-state index in [9.17, 15) is 9.59 Å². The van der Waals surface area contributed by atoms with E-state index in [1.165, 1.54) is 0 Å². The molecule has 84 valence electrons. The molecule has 2 saturated heterocycles. The number of fused-ring (bicyclic) bond motifs is 2. The fourth-order valence-electron chi connectivity index (χ4n) is 2.45. The second-order valence-electron chi connectivity index (χ2n) is 4.06. The number of esters is 1. The third kappa shape index (κ3) is 1.51. The summed E-state index contributed by atoms with van der Waals surface area (Å²) in [6.07, 6.45) is 1.16. The molecular formula is C10H14O5. The van der Waals surface area contributed by atoms with E-state index in [0.29, 0.717) is 19.4 Å². The van der Waals surface area contributed by atoms with Gasteiger partial charge < -0.3 is 14.6 Å². The molecule has 0 aromatic rings. The maximum atomic E-state index is 11.7. The molecule has 2 aliphatic rings. The monoisotopic (exact) mass is 214 g/mol. The lowest BCUT2D eigenvalue weighted by molar-refractivity contribution is -0.164. The molecule has 2 aliphatic heterocycles. The van der Waals surface area contributed by atoms with Crippen molar-refractivity contribution in [1.82, 2.24) is 0 Å². The number of ether oxygens (including phenoxy) is 2. The highest BCUT2D eigenvalue weighted by Gasteiger charge is 2.59. The predicted octanol–water partition coefficient (Wildman–Crippen LogP) is 0.572. The molecule has 1 N–H and O–H groups in total. The van der Waals surface area contributed by atoms with Gasteiger partial charge in [-0.2, -0.15) is 0 Å². The van der Waals surface area contributed by atoms with Crippen LogP contribution in [-0.2, 0) is 19.1 Å². The Morgan fingerprint density at radius 1 is 1.60 bits per heavy atom. The second-order valence-corrected chi connectivity index (χ2v) is 4.06. The zero-order valence-electron chi connectivity index (χ0n) is 8.56. The molecule has 2 fully saturated rings. The summed E-state index contributed by atoms with van der Waals surface area (Å²) in [5.41, 5.74) is -0.969. The fourth-order valence-corrected chi connectivity index (χ4v) is 2.45. The Kier molecular flexibility index (Phi) is 2.42. The number of aliphatic carboxylic acids is 1. The quantitative estimate of drug-likeness (QED) is 0.695. The van der Waals surface area contributed by atoms with Crippen LogP contribution >= 0.6 is 0 Å². The first-order valence-electron chi connectivity index (χ1n) is 5.17. The van der Waals surface area contributed by atoms with Crippen LogP contribution in [0.2, 0.25) is 0 Å². The van der Waals surface area contributed by atoms with Crippen LogP contribution in [0.15, 0.2) is 0 Å². The molecule has 15 heavy (non-hydrogen) atoms. The van der Waals surface area contributed by atoms with Crippen molar-refractivity contribution in [2.45, 2.75) is 37.9 Å². The van der Waals surface area contributed by atoms with E-state index in [1.807, 2.05) is 0 Å². The summed E-state index contributed by atoms with van der Waals surface area (Å²) in [6, 6.07) is 0. The lowest BCUT2D eigenvalue weighted by atomic mass is 9.81. The van der Waals surface area contributed by atoms with E-state index in [-0.39, 0.29) is 12.5 Å². The molecular weight excluding hydrogens is 200 g/mol. The Labute approximate surface area is 87.4 Å². The van der Waals surface area contributed by atoms with Gasteiger partial charge in [-0.3, -0.25) is 4.79 Å². The lowest BCUT2D eigenvalue weighted by Gasteiger charge is -2.22. The maximum Gasteiger partial charge on any atom is 0.338 e. The molecule has 0 aliphatic carbocycles. The smallest absolute Gasteiger partial charge is 0.338 e. The average Bonchev–Trinajstić information content (AvgIpc) is 2.76. The van der Waals surface area contributed by atoms with Gasteiger partial charge in [0.25, 0.3) is 0 Å². The number of rotatable bonds is 3. The third-order valence-corrected chi connectivity index (χ3v) is 3.17. The maximum absolute atomic E-state index is 11.7. The predicted molar refractivity (Wildman–Crippen MR) is 49.2 cm³/mol. The third-order valence-electron chi connectivity index (χ3n) is 3.17. The summed E-state index contributed by atoms with van der Waals surface area (Å²) < 4.78 is 10.4. The Morgan fingerprint density at radius 3 is 2.87 bits per heavy atom. The van der Waals surface area contributed by atoms with Crippen LogP contribution in [0.4, 0.5) is 0 Å². The molecule has 0 aromatic heterocycles. The zero-order valence-corrected chi connectivity index (χ0v) is 8.56. The van der Waals surface area contributed by atoms with Gasteiger partial charge in [-0.05, 0) is 19.8 Å². The first kappa shape index (κ1) is 10.4. The summed E-state index contributed by atoms with van der Waals surface area (Å²) in [4.78, 5) is 22.5. The van der Waals surface area contributed by atoms with Gasteiger partial charge in [-0.15, -0.1) is 0 Å². The molecule has 0 spiro atoms. The first-order valence-corrected chi connectivity index (χ1v) is 5.17. The first-order chi connectivity index (χ1) is 7.09. The van der Waals surface area contributed by atoms with Gasteiger partial charge in [0.2, 0.25) is 0 Å². The minimum absolute atomic E-state index is 0.256. The summed E-state index contributed by atoms with van der Waals surface area (Å²) in [5, 5.41) is 8.93. The Bertz CT molecular complexity index is 300. The number of carboxylic acids is 1. The second kappa shape index (κ2) is 3.48. The van der Waals surface area contributed by atoms with Gasteiger partial charge in [-0.1, -0.05) is 0 Å². The molecule has 5 heteroatoms. The molecule has 1 unspecified atom stereocenters. The standard InChI is InChI=1S/C10H14O5/c1-2-14-9(13)10-4-3-7(15-10)6(5-10)8(11)12/h6-7H,2-5H2,1H3,(H,11,12)/t6-,7?,10-/m0/s1. The Hall–Kier alpha value is -1.10. The summed E-state index contributed by atoms with van der Waals surface area (Å²) in [5.74, 6) is -1.84. The average molecular weight is 214 g/mol. The minimum Gasteiger partial charge on any atom is -0.481 e. The van der Waals surface area contributed by atoms with Crippen molar-refractivity contribution in [2.75, 3.05) is 6.61 Å². The molecule has 3 atom stereocenters. The van der Waals surface area contributed by atoms with Crippen LogP contribution in [-0.4, -0.2) is 35.4 Å². The van der Waals surface area contributed by atoms with Gasteiger partial charge in [-0.25, -0.2) is 4.79 Å². The zero-order chi connectivity index (χ0) is 11.1. The van der Waals surface area contributed by atoms with E-state index in [0.717, 1.165) is 0 Å². The van der Waals surface area contributed by atoms with Crippen molar-refractivity contribution < 1.29 is 24.2 Å². The lowest BCUT2D eigenvalue weighted by Crippen LogP contribution is -2.39. The van der Waals surface area contributed by atoms with Crippen molar-refractivity contribution in [1.29, 1.82) is 0 Å². The van der Waals surface area contributed by atoms with Crippen LogP contribution in [0, 0.1) is 5.92 Å². The van der Waals surface area contributed by atoms with Crippen molar-refractivity contribution in [3.8, 4) is 0 Å². The molecule has 0 radical (unpaired) electrons. The normalized spacial score (nSPS) is 37.9. The highest BCUT2D eigenvalue weighted by molar-refractivity contribution is 5.83. The molecule has 2 bridgehead atoms. The molecule has 0 saturated carbocycles. The van der Waals surface area contributed by atoms with Gasteiger partial charge in [0, 0.05) is 6.42 Å². The van der Waals surface area contributed by atoms with Gasteiger partial charge in [0.1, 0.15) is 0 Å². The van der Waals surface area contributed by atoms with Crippen LogP contribution in [0.1, 0.15) is 26.2 Å². The van der Waals surface area contributed by atoms with E-state index in [2.05, 4.69) is 0 Å². The van der Waals surface area contributed by atoms with Crippen molar-refractivity contribution in [3.05, 3.63) is 0 Å².